The minimum Gasteiger partial charge on any atom is -0.418 e. The highest BCUT2D eigenvalue weighted by Crippen LogP contribution is 2.35. The van der Waals surface area contributed by atoms with Crippen LogP contribution in [0, 0.1) is 6.92 Å². The molecule has 0 aliphatic rings. The van der Waals surface area contributed by atoms with E-state index in [-0.39, 0.29) is 0 Å². The maximum absolute atomic E-state index is 6.37. The summed E-state index contributed by atoms with van der Waals surface area (Å²) < 4.78 is 6.76. The summed E-state index contributed by atoms with van der Waals surface area (Å²) in [4.78, 5) is 0.935. The molecule has 0 saturated carbocycles. The van der Waals surface area contributed by atoms with E-state index in [4.69, 9.17) is 16.0 Å². The van der Waals surface area contributed by atoms with Gasteiger partial charge in [-0.3, -0.25) is 0 Å². The second-order valence-electron chi connectivity index (χ2n) is 4.29. The summed E-state index contributed by atoms with van der Waals surface area (Å²) in [6.45, 7) is 2.02. The van der Waals surface area contributed by atoms with Crippen LogP contribution in [0.1, 0.15) is 22.4 Å². The SMILES string of the molecule is Cc1cc(-c2nnc(C(Cl)c3ccccc3)o2)sc1Br. The summed E-state index contributed by atoms with van der Waals surface area (Å²) in [6, 6.07) is 11.7. The lowest BCUT2D eigenvalue weighted by Gasteiger charge is -2.03. The average Bonchev–Trinajstić information content (AvgIpc) is 3.07. The number of hydrogen-bond donors (Lipinski definition) is 0. The fourth-order valence-electron chi connectivity index (χ4n) is 1.77. The van der Waals surface area contributed by atoms with Crippen LogP contribution in [0.25, 0.3) is 10.8 Å². The third kappa shape index (κ3) is 2.66. The molecule has 102 valence electrons. The van der Waals surface area contributed by atoms with E-state index in [0.717, 1.165) is 19.8 Å². The Bertz CT molecular complexity index is 706. The van der Waals surface area contributed by atoms with Gasteiger partial charge in [0.15, 0.2) is 0 Å². The van der Waals surface area contributed by atoms with E-state index < -0.39 is 5.38 Å². The van der Waals surface area contributed by atoms with Gasteiger partial charge in [0.2, 0.25) is 5.89 Å². The molecule has 2 heterocycles. The lowest BCUT2D eigenvalue weighted by Crippen LogP contribution is -1.92. The Morgan fingerprint density at radius 3 is 2.65 bits per heavy atom. The number of rotatable bonds is 3. The van der Waals surface area contributed by atoms with Crippen molar-refractivity contribution in [3.8, 4) is 10.8 Å². The van der Waals surface area contributed by atoms with E-state index >= 15 is 0 Å². The highest BCUT2D eigenvalue weighted by molar-refractivity contribution is 9.11. The molecule has 2 aromatic heterocycles. The summed E-state index contributed by atoms with van der Waals surface area (Å²) >= 11 is 11.4. The molecule has 0 spiro atoms. The van der Waals surface area contributed by atoms with Gasteiger partial charge in [-0.05, 0) is 40.0 Å². The molecule has 20 heavy (non-hydrogen) atoms. The summed E-state index contributed by atoms with van der Waals surface area (Å²) in [5.41, 5.74) is 2.09. The zero-order valence-electron chi connectivity index (χ0n) is 10.5. The Kier molecular flexibility index (Phi) is 3.92. The minimum absolute atomic E-state index is 0.412. The number of benzene rings is 1. The first-order valence-corrected chi connectivity index (χ1v) is 7.98. The molecule has 1 unspecified atom stereocenters. The van der Waals surface area contributed by atoms with Crippen molar-refractivity contribution in [2.75, 3.05) is 0 Å². The summed E-state index contributed by atoms with van der Waals surface area (Å²) in [5.74, 6) is 0.912. The van der Waals surface area contributed by atoms with Crippen molar-refractivity contribution in [2.24, 2.45) is 0 Å². The fraction of sp³-hybridized carbons (Fsp3) is 0.143. The zero-order valence-corrected chi connectivity index (χ0v) is 13.7. The van der Waals surface area contributed by atoms with E-state index in [2.05, 4.69) is 26.1 Å². The smallest absolute Gasteiger partial charge is 0.257 e. The quantitative estimate of drug-likeness (QED) is 0.596. The van der Waals surface area contributed by atoms with Crippen LogP contribution in [0.2, 0.25) is 0 Å². The van der Waals surface area contributed by atoms with Crippen molar-refractivity contribution in [1.29, 1.82) is 0 Å². The molecule has 0 fully saturated rings. The topological polar surface area (TPSA) is 38.9 Å². The van der Waals surface area contributed by atoms with E-state index in [1.54, 1.807) is 11.3 Å². The van der Waals surface area contributed by atoms with Gasteiger partial charge in [0.05, 0.1) is 8.66 Å². The van der Waals surface area contributed by atoms with Crippen LogP contribution in [0.5, 0.6) is 0 Å². The lowest BCUT2D eigenvalue weighted by molar-refractivity contribution is 0.514. The number of hydrogen-bond acceptors (Lipinski definition) is 4. The van der Waals surface area contributed by atoms with Crippen molar-refractivity contribution in [3.05, 3.63) is 57.2 Å². The van der Waals surface area contributed by atoms with Crippen molar-refractivity contribution in [2.45, 2.75) is 12.3 Å². The average molecular weight is 370 g/mol. The Morgan fingerprint density at radius 2 is 2.00 bits per heavy atom. The molecular weight excluding hydrogens is 360 g/mol. The van der Waals surface area contributed by atoms with Crippen LogP contribution in [-0.2, 0) is 0 Å². The van der Waals surface area contributed by atoms with Crippen LogP contribution >= 0.6 is 38.9 Å². The Morgan fingerprint density at radius 1 is 1.25 bits per heavy atom. The normalized spacial score (nSPS) is 12.6. The van der Waals surface area contributed by atoms with E-state index in [0.29, 0.717) is 11.8 Å². The summed E-state index contributed by atoms with van der Waals surface area (Å²) in [6.07, 6.45) is 0. The Balaban J connectivity index is 1.90. The molecule has 0 saturated heterocycles. The molecule has 0 amide bonds. The highest BCUT2D eigenvalue weighted by atomic mass is 79.9. The number of aryl methyl sites for hydroxylation is 1. The van der Waals surface area contributed by atoms with Gasteiger partial charge in [-0.15, -0.1) is 33.1 Å². The second kappa shape index (κ2) is 5.68. The predicted molar refractivity (Wildman–Crippen MR) is 84.2 cm³/mol. The molecule has 3 aromatic rings. The van der Waals surface area contributed by atoms with Gasteiger partial charge >= 0.3 is 0 Å². The maximum atomic E-state index is 6.37. The third-order valence-corrected chi connectivity index (χ3v) is 5.38. The van der Waals surface area contributed by atoms with Gasteiger partial charge in [-0.1, -0.05) is 30.3 Å². The molecule has 0 aliphatic heterocycles. The molecule has 3 rings (SSSR count). The molecular formula is C14H10BrClN2OS. The van der Waals surface area contributed by atoms with Crippen LogP contribution < -0.4 is 0 Å². The monoisotopic (exact) mass is 368 g/mol. The van der Waals surface area contributed by atoms with Gasteiger partial charge in [-0.2, -0.15) is 0 Å². The van der Waals surface area contributed by atoms with Gasteiger partial charge in [-0.25, -0.2) is 0 Å². The molecule has 1 atom stereocenters. The fourth-order valence-corrected chi connectivity index (χ4v) is 3.46. The molecule has 0 bridgehead atoms. The third-order valence-electron chi connectivity index (χ3n) is 2.82. The number of alkyl halides is 1. The zero-order chi connectivity index (χ0) is 14.1. The van der Waals surface area contributed by atoms with Gasteiger partial charge in [0, 0.05) is 0 Å². The molecule has 1 aromatic carbocycles. The summed E-state index contributed by atoms with van der Waals surface area (Å²) in [5, 5.41) is 7.70. The minimum atomic E-state index is -0.429. The van der Waals surface area contributed by atoms with Gasteiger partial charge in [0.1, 0.15) is 5.38 Å². The lowest BCUT2D eigenvalue weighted by atomic mass is 10.1. The Hall–Kier alpha value is -1.17. The van der Waals surface area contributed by atoms with Crippen LogP contribution in [0.4, 0.5) is 0 Å². The van der Waals surface area contributed by atoms with Gasteiger partial charge in [0.25, 0.3) is 5.89 Å². The molecule has 0 N–H and O–H groups in total. The Labute approximate surface area is 133 Å². The van der Waals surface area contributed by atoms with Crippen LogP contribution in [0.3, 0.4) is 0 Å². The molecule has 0 aliphatic carbocycles. The maximum Gasteiger partial charge on any atom is 0.257 e. The number of thiophene rings is 1. The number of halogens is 2. The van der Waals surface area contributed by atoms with Crippen molar-refractivity contribution < 1.29 is 4.42 Å². The van der Waals surface area contributed by atoms with Crippen molar-refractivity contribution in [3.63, 3.8) is 0 Å². The number of nitrogens with zero attached hydrogens (tertiary/aromatic N) is 2. The van der Waals surface area contributed by atoms with Crippen molar-refractivity contribution in [1.82, 2.24) is 10.2 Å². The number of aromatic nitrogens is 2. The first kappa shape index (κ1) is 13.8. The molecule has 0 radical (unpaired) electrons. The first-order valence-electron chi connectivity index (χ1n) is 5.94. The summed E-state index contributed by atoms with van der Waals surface area (Å²) in [7, 11) is 0. The van der Waals surface area contributed by atoms with Crippen LogP contribution in [-0.4, -0.2) is 10.2 Å². The molecule has 3 nitrogen and oxygen atoms in total. The standard InChI is InChI=1S/C14H10BrClN2OS/c1-8-7-10(20-12(8)15)13-17-18-14(19-13)11(16)9-5-3-2-4-6-9/h2-7,11H,1H3. The predicted octanol–water partition coefficient (Wildman–Crippen LogP) is 5.20. The van der Waals surface area contributed by atoms with Gasteiger partial charge < -0.3 is 4.42 Å². The van der Waals surface area contributed by atoms with E-state index in [9.17, 15) is 0 Å². The largest absolute Gasteiger partial charge is 0.418 e. The highest BCUT2D eigenvalue weighted by Gasteiger charge is 2.19. The second-order valence-corrected chi connectivity index (χ2v) is 7.09. The van der Waals surface area contributed by atoms with E-state index in [1.807, 2.05) is 43.3 Å². The van der Waals surface area contributed by atoms with E-state index in [1.165, 1.54) is 0 Å². The van der Waals surface area contributed by atoms with Crippen molar-refractivity contribution >= 4 is 38.9 Å². The first-order chi connectivity index (χ1) is 9.65. The van der Waals surface area contributed by atoms with Crippen LogP contribution in [0.15, 0.2) is 44.6 Å². The molecule has 6 heteroatoms.